The van der Waals surface area contributed by atoms with Gasteiger partial charge in [-0.1, -0.05) is 0 Å². The van der Waals surface area contributed by atoms with Crippen LogP contribution in [0.25, 0.3) is 0 Å². The monoisotopic (exact) mass is 279 g/mol. The van der Waals surface area contributed by atoms with Crippen LogP contribution in [0.4, 0.5) is 8.78 Å². The van der Waals surface area contributed by atoms with Gasteiger partial charge in [0.25, 0.3) is 0 Å². The molecule has 0 aliphatic rings. The first kappa shape index (κ1) is 12.5. The first-order valence-electron chi connectivity index (χ1n) is 4.60. The number of halogens is 3. The highest BCUT2D eigenvalue weighted by molar-refractivity contribution is 9.10. The zero-order chi connectivity index (χ0) is 11.3. The fraction of sp³-hybridized carbons (Fsp3) is 0.400. The van der Waals surface area contributed by atoms with E-state index in [4.69, 9.17) is 5.11 Å². The van der Waals surface area contributed by atoms with Crippen LogP contribution in [0.5, 0.6) is 0 Å². The minimum Gasteiger partial charge on any atom is -0.396 e. The Bertz CT molecular complexity index is 333. The third kappa shape index (κ3) is 3.52. The third-order valence-corrected chi connectivity index (χ3v) is 2.56. The van der Waals surface area contributed by atoms with Gasteiger partial charge in [-0.3, -0.25) is 0 Å². The van der Waals surface area contributed by atoms with Gasteiger partial charge in [-0.15, -0.1) is 0 Å². The smallest absolute Gasteiger partial charge is 0.144 e. The average Bonchev–Trinajstić information content (AvgIpc) is 2.23. The molecular weight excluding hydrogens is 268 g/mol. The molecule has 2 N–H and O–H groups in total. The van der Waals surface area contributed by atoms with Crippen LogP contribution in [0.15, 0.2) is 16.6 Å². The molecule has 84 valence electrons. The number of hydrogen-bond acceptors (Lipinski definition) is 2. The van der Waals surface area contributed by atoms with E-state index in [2.05, 4.69) is 21.2 Å². The fourth-order valence-corrected chi connectivity index (χ4v) is 1.52. The van der Waals surface area contributed by atoms with Gasteiger partial charge in [0.2, 0.25) is 0 Å². The molecule has 0 atom stereocenters. The highest BCUT2D eigenvalue weighted by Crippen LogP contribution is 2.21. The fourth-order valence-electron chi connectivity index (χ4n) is 1.15. The SMILES string of the molecule is OCCCNCc1c(F)ccc(Br)c1F. The summed E-state index contributed by atoms with van der Waals surface area (Å²) in [6.45, 7) is 0.718. The Morgan fingerprint density at radius 1 is 1.33 bits per heavy atom. The maximum atomic E-state index is 13.4. The van der Waals surface area contributed by atoms with E-state index in [1.165, 1.54) is 12.1 Å². The third-order valence-electron chi connectivity index (χ3n) is 1.95. The minimum atomic E-state index is -0.577. The molecule has 0 aliphatic heterocycles. The molecule has 0 aliphatic carbocycles. The van der Waals surface area contributed by atoms with Gasteiger partial charge in [0.1, 0.15) is 11.6 Å². The molecule has 2 nitrogen and oxygen atoms in total. The van der Waals surface area contributed by atoms with Crippen LogP contribution in [0.3, 0.4) is 0 Å². The van der Waals surface area contributed by atoms with E-state index in [9.17, 15) is 8.78 Å². The predicted molar refractivity (Wildman–Crippen MR) is 57.5 cm³/mol. The summed E-state index contributed by atoms with van der Waals surface area (Å²) in [4.78, 5) is 0. The lowest BCUT2D eigenvalue weighted by Crippen LogP contribution is -2.17. The molecule has 1 aromatic carbocycles. The first-order valence-corrected chi connectivity index (χ1v) is 5.40. The van der Waals surface area contributed by atoms with Crippen molar-refractivity contribution in [3.05, 3.63) is 33.8 Å². The van der Waals surface area contributed by atoms with E-state index < -0.39 is 11.6 Å². The molecule has 15 heavy (non-hydrogen) atoms. The van der Waals surface area contributed by atoms with Crippen molar-refractivity contribution in [2.75, 3.05) is 13.2 Å². The number of aliphatic hydroxyl groups excluding tert-OH is 1. The van der Waals surface area contributed by atoms with Crippen molar-refractivity contribution in [1.29, 1.82) is 0 Å². The Balaban J connectivity index is 2.63. The highest BCUT2D eigenvalue weighted by atomic mass is 79.9. The van der Waals surface area contributed by atoms with Gasteiger partial charge in [0.05, 0.1) is 4.47 Å². The minimum absolute atomic E-state index is 0.0160. The molecule has 0 aromatic heterocycles. The number of nitrogens with one attached hydrogen (secondary N) is 1. The topological polar surface area (TPSA) is 32.3 Å². The van der Waals surface area contributed by atoms with Crippen LogP contribution in [0.2, 0.25) is 0 Å². The van der Waals surface area contributed by atoms with Gasteiger partial charge in [0.15, 0.2) is 0 Å². The lowest BCUT2D eigenvalue weighted by molar-refractivity contribution is 0.285. The lowest BCUT2D eigenvalue weighted by Gasteiger charge is -2.07. The molecule has 0 radical (unpaired) electrons. The van der Waals surface area contributed by atoms with Crippen molar-refractivity contribution in [1.82, 2.24) is 5.32 Å². The molecule has 1 aromatic rings. The van der Waals surface area contributed by atoms with Gasteiger partial charge in [-0.2, -0.15) is 0 Å². The zero-order valence-electron chi connectivity index (χ0n) is 8.06. The second kappa shape index (κ2) is 6.15. The van der Waals surface area contributed by atoms with E-state index in [0.717, 1.165) is 0 Å². The second-order valence-corrected chi connectivity index (χ2v) is 3.93. The van der Waals surface area contributed by atoms with Crippen molar-refractivity contribution in [3.63, 3.8) is 0 Å². The first-order chi connectivity index (χ1) is 7.16. The molecule has 0 saturated heterocycles. The van der Waals surface area contributed by atoms with Crippen molar-refractivity contribution < 1.29 is 13.9 Å². The maximum absolute atomic E-state index is 13.4. The van der Waals surface area contributed by atoms with Gasteiger partial charge >= 0.3 is 0 Å². The van der Waals surface area contributed by atoms with Crippen LogP contribution in [0.1, 0.15) is 12.0 Å². The molecule has 0 bridgehead atoms. The number of aliphatic hydroxyl groups is 1. The van der Waals surface area contributed by atoms with Crippen molar-refractivity contribution >= 4 is 15.9 Å². The largest absolute Gasteiger partial charge is 0.396 e. The molecular formula is C10H12BrF2NO. The summed E-state index contributed by atoms with van der Waals surface area (Å²) in [5.41, 5.74) is 0.0160. The van der Waals surface area contributed by atoms with E-state index >= 15 is 0 Å². The van der Waals surface area contributed by atoms with E-state index in [-0.39, 0.29) is 23.2 Å². The normalized spacial score (nSPS) is 10.7. The van der Waals surface area contributed by atoms with Crippen LogP contribution < -0.4 is 5.32 Å². The molecule has 1 rings (SSSR count). The molecule has 0 unspecified atom stereocenters. The molecule has 0 heterocycles. The van der Waals surface area contributed by atoms with Crippen LogP contribution in [-0.4, -0.2) is 18.3 Å². The van der Waals surface area contributed by atoms with Gasteiger partial charge in [0, 0.05) is 18.7 Å². The van der Waals surface area contributed by atoms with Crippen LogP contribution in [-0.2, 0) is 6.54 Å². The number of hydrogen-bond donors (Lipinski definition) is 2. The lowest BCUT2D eigenvalue weighted by atomic mass is 10.2. The predicted octanol–water partition coefficient (Wildman–Crippen LogP) is 2.20. The highest BCUT2D eigenvalue weighted by Gasteiger charge is 2.11. The standard InChI is InChI=1S/C10H12BrF2NO/c11-8-2-3-9(12)7(10(8)13)6-14-4-1-5-15/h2-3,14-15H,1,4-6H2. The summed E-state index contributed by atoms with van der Waals surface area (Å²) in [6, 6.07) is 2.55. The Labute approximate surface area is 95.4 Å². The summed E-state index contributed by atoms with van der Waals surface area (Å²) < 4.78 is 26.8. The van der Waals surface area contributed by atoms with E-state index in [1.54, 1.807) is 0 Å². The Kier molecular flexibility index (Phi) is 5.14. The van der Waals surface area contributed by atoms with Crippen molar-refractivity contribution in [2.24, 2.45) is 0 Å². The van der Waals surface area contributed by atoms with Crippen molar-refractivity contribution in [2.45, 2.75) is 13.0 Å². The molecule has 5 heteroatoms. The summed E-state index contributed by atoms with van der Waals surface area (Å²) >= 11 is 2.99. The van der Waals surface area contributed by atoms with Gasteiger partial charge in [-0.25, -0.2) is 8.78 Å². The van der Waals surface area contributed by atoms with Gasteiger partial charge < -0.3 is 10.4 Å². The van der Waals surface area contributed by atoms with Crippen molar-refractivity contribution in [3.8, 4) is 0 Å². The second-order valence-electron chi connectivity index (χ2n) is 3.08. The summed E-state index contributed by atoms with van der Waals surface area (Å²) in [6.07, 6.45) is 0.567. The Morgan fingerprint density at radius 2 is 2.07 bits per heavy atom. The molecule has 0 amide bonds. The van der Waals surface area contributed by atoms with E-state index in [1.807, 2.05) is 0 Å². The zero-order valence-corrected chi connectivity index (χ0v) is 9.65. The molecule has 0 saturated carbocycles. The maximum Gasteiger partial charge on any atom is 0.144 e. The van der Waals surface area contributed by atoms with Crippen LogP contribution >= 0.6 is 15.9 Å². The molecule has 0 fully saturated rings. The van der Waals surface area contributed by atoms with E-state index in [0.29, 0.717) is 13.0 Å². The summed E-state index contributed by atoms with van der Waals surface area (Å²) in [5.74, 6) is -1.14. The van der Waals surface area contributed by atoms with Gasteiger partial charge in [-0.05, 0) is 41.0 Å². The summed E-state index contributed by atoms with van der Waals surface area (Å²) in [7, 11) is 0. The summed E-state index contributed by atoms with van der Waals surface area (Å²) in [5, 5.41) is 11.4. The average molecular weight is 280 g/mol. The Morgan fingerprint density at radius 3 is 2.73 bits per heavy atom. The van der Waals surface area contributed by atoms with Crippen LogP contribution in [0, 0.1) is 11.6 Å². The number of rotatable bonds is 5. The molecule has 0 spiro atoms. The Hall–Kier alpha value is -0.520. The quantitative estimate of drug-likeness (QED) is 0.640. The number of benzene rings is 1.